The van der Waals surface area contributed by atoms with Gasteiger partial charge in [-0.25, -0.2) is 4.98 Å². The second-order valence-electron chi connectivity index (χ2n) is 6.61. The van der Waals surface area contributed by atoms with Crippen molar-refractivity contribution in [3.05, 3.63) is 24.0 Å². The van der Waals surface area contributed by atoms with Gasteiger partial charge in [-0.15, -0.1) is 0 Å². The molecule has 1 unspecified atom stereocenters. The average molecular weight is 329 g/mol. The Hall–Kier alpha value is -1.99. The highest BCUT2D eigenvalue weighted by Crippen LogP contribution is 2.26. The van der Waals surface area contributed by atoms with E-state index in [1.807, 2.05) is 4.90 Å². The number of aromatic amines is 1. The van der Waals surface area contributed by atoms with E-state index in [4.69, 9.17) is 9.72 Å². The Labute approximate surface area is 141 Å². The molecule has 2 aliphatic heterocycles. The van der Waals surface area contributed by atoms with Crippen LogP contribution in [0, 0.1) is 0 Å². The third-order valence-electron chi connectivity index (χ3n) is 4.97. The predicted molar refractivity (Wildman–Crippen MR) is 89.7 cm³/mol. The second-order valence-corrected chi connectivity index (χ2v) is 6.61. The van der Waals surface area contributed by atoms with E-state index >= 15 is 0 Å². The van der Waals surface area contributed by atoms with Crippen LogP contribution in [0.25, 0.3) is 11.0 Å². The number of carbonyl (C=O) groups excluding carboxylic acids is 1. The smallest absolute Gasteiger partial charge is 0.236 e. The molecule has 7 heteroatoms. The summed E-state index contributed by atoms with van der Waals surface area (Å²) in [5, 5.41) is 8.01. The normalized spacial score (nSPS) is 22.8. The molecule has 0 aromatic carbocycles. The Morgan fingerprint density at radius 2 is 2.17 bits per heavy atom. The summed E-state index contributed by atoms with van der Waals surface area (Å²) in [6.45, 7) is 5.12. The Morgan fingerprint density at radius 3 is 3.04 bits per heavy atom. The van der Waals surface area contributed by atoms with Gasteiger partial charge in [-0.05, 0) is 31.5 Å². The van der Waals surface area contributed by atoms with Gasteiger partial charge in [-0.2, -0.15) is 5.10 Å². The molecule has 2 fully saturated rings. The van der Waals surface area contributed by atoms with Gasteiger partial charge < -0.3 is 9.64 Å². The Bertz CT molecular complexity index is 710. The SMILES string of the molecule is O=C(CN1CCCC(c2ccc3cn[nH]c3n2)C1)N1CCOCC1. The number of amides is 1. The maximum atomic E-state index is 12.4. The van der Waals surface area contributed by atoms with E-state index in [0.29, 0.717) is 38.8 Å². The van der Waals surface area contributed by atoms with Crippen molar-refractivity contribution in [3.63, 3.8) is 0 Å². The molecule has 128 valence electrons. The fraction of sp³-hybridized carbons (Fsp3) is 0.588. The highest BCUT2D eigenvalue weighted by Gasteiger charge is 2.26. The maximum absolute atomic E-state index is 12.4. The summed E-state index contributed by atoms with van der Waals surface area (Å²) in [6.07, 6.45) is 4.01. The Kier molecular flexibility index (Phi) is 4.44. The number of hydrogen-bond acceptors (Lipinski definition) is 5. The van der Waals surface area contributed by atoms with Crippen LogP contribution < -0.4 is 0 Å². The van der Waals surface area contributed by atoms with Crippen molar-refractivity contribution in [2.24, 2.45) is 0 Å². The molecule has 1 amide bonds. The number of hydrogen-bond donors (Lipinski definition) is 1. The van der Waals surface area contributed by atoms with E-state index in [0.717, 1.165) is 42.7 Å². The Balaban J connectivity index is 1.40. The first-order valence-corrected chi connectivity index (χ1v) is 8.67. The molecule has 1 atom stereocenters. The van der Waals surface area contributed by atoms with Crippen molar-refractivity contribution in [3.8, 4) is 0 Å². The first-order chi connectivity index (χ1) is 11.8. The number of pyridine rings is 1. The van der Waals surface area contributed by atoms with Crippen LogP contribution in [-0.2, 0) is 9.53 Å². The lowest BCUT2D eigenvalue weighted by Crippen LogP contribution is -2.47. The van der Waals surface area contributed by atoms with E-state index in [-0.39, 0.29) is 5.91 Å². The molecule has 24 heavy (non-hydrogen) atoms. The van der Waals surface area contributed by atoms with Crippen LogP contribution in [0.4, 0.5) is 0 Å². The predicted octanol–water partition coefficient (Wildman–Crippen LogP) is 0.996. The molecule has 4 heterocycles. The summed E-state index contributed by atoms with van der Waals surface area (Å²) in [7, 11) is 0. The third-order valence-corrected chi connectivity index (χ3v) is 4.97. The molecular weight excluding hydrogens is 306 g/mol. The van der Waals surface area contributed by atoms with Crippen molar-refractivity contribution in [1.29, 1.82) is 0 Å². The number of nitrogens with zero attached hydrogens (tertiary/aromatic N) is 4. The number of aromatic nitrogens is 3. The molecule has 2 aromatic rings. The minimum atomic E-state index is 0.218. The monoisotopic (exact) mass is 329 g/mol. The van der Waals surface area contributed by atoms with Crippen molar-refractivity contribution in [2.45, 2.75) is 18.8 Å². The van der Waals surface area contributed by atoms with Crippen LogP contribution in [0.15, 0.2) is 18.3 Å². The summed E-state index contributed by atoms with van der Waals surface area (Å²) in [6, 6.07) is 4.16. The lowest BCUT2D eigenvalue weighted by Gasteiger charge is -2.34. The molecule has 4 rings (SSSR count). The molecule has 0 saturated carbocycles. The van der Waals surface area contributed by atoms with E-state index < -0.39 is 0 Å². The number of H-pyrrole nitrogens is 1. The summed E-state index contributed by atoms with van der Waals surface area (Å²) < 4.78 is 5.32. The first kappa shape index (κ1) is 15.5. The fourth-order valence-corrected chi connectivity index (χ4v) is 3.61. The highest BCUT2D eigenvalue weighted by atomic mass is 16.5. The topological polar surface area (TPSA) is 74.4 Å². The largest absolute Gasteiger partial charge is 0.378 e. The molecule has 2 saturated heterocycles. The fourth-order valence-electron chi connectivity index (χ4n) is 3.61. The molecular formula is C17H23N5O2. The van der Waals surface area contributed by atoms with Gasteiger partial charge in [-0.1, -0.05) is 0 Å². The lowest BCUT2D eigenvalue weighted by molar-refractivity contribution is -0.136. The minimum Gasteiger partial charge on any atom is -0.378 e. The van der Waals surface area contributed by atoms with Crippen molar-refractivity contribution in [1.82, 2.24) is 25.0 Å². The number of piperidine rings is 1. The average Bonchev–Trinajstić information content (AvgIpc) is 3.10. The number of nitrogens with one attached hydrogen (secondary N) is 1. The molecule has 0 radical (unpaired) electrons. The van der Waals surface area contributed by atoms with Gasteiger partial charge in [0.25, 0.3) is 0 Å². The van der Waals surface area contributed by atoms with Gasteiger partial charge in [0.1, 0.15) is 0 Å². The van der Waals surface area contributed by atoms with Crippen LogP contribution in [-0.4, -0.2) is 76.8 Å². The number of fused-ring (bicyclic) bond motifs is 1. The van der Waals surface area contributed by atoms with E-state index in [2.05, 4.69) is 27.2 Å². The molecule has 2 aliphatic rings. The second kappa shape index (κ2) is 6.86. The number of ether oxygens (including phenoxy) is 1. The van der Waals surface area contributed by atoms with Crippen molar-refractivity contribution in [2.75, 3.05) is 45.9 Å². The zero-order chi connectivity index (χ0) is 16.4. The molecule has 7 nitrogen and oxygen atoms in total. The third kappa shape index (κ3) is 3.27. The van der Waals surface area contributed by atoms with Crippen molar-refractivity contribution >= 4 is 16.9 Å². The molecule has 0 aliphatic carbocycles. The highest BCUT2D eigenvalue weighted by molar-refractivity contribution is 5.78. The molecule has 1 N–H and O–H groups in total. The molecule has 0 bridgehead atoms. The van der Waals surface area contributed by atoms with Crippen LogP contribution in [0.2, 0.25) is 0 Å². The van der Waals surface area contributed by atoms with Crippen LogP contribution >= 0.6 is 0 Å². The van der Waals surface area contributed by atoms with Gasteiger partial charge in [0.05, 0.1) is 26.0 Å². The molecule has 2 aromatic heterocycles. The van der Waals surface area contributed by atoms with Gasteiger partial charge in [0, 0.05) is 36.6 Å². The summed E-state index contributed by atoms with van der Waals surface area (Å²) in [5.41, 5.74) is 1.93. The number of rotatable bonds is 3. The zero-order valence-corrected chi connectivity index (χ0v) is 13.8. The minimum absolute atomic E-state index is 0.218. The maximum Gasteiger partial charge on any atom is 0.236 e. The van der Waals surface area contributed by atoms with E-state index in [1.54, 1.807) is 6.20 Å². The quantitative estimate of drug-likeness (QED) is 0.909. The summed E-state index contributed by atoms with van der Waals surface area (Å²) in [4.78, 5) is 21.3. The first-order valence-electron chi connectivity index (χ1n) is 8.67. The summed E-state index contributed by atoms with van der Waals surface area (Å²) in [5.74, 6) is 0.597. The van der Waals surface area contributed by atoms with Gasteiger partial charge >= 0.3 is 0 Å². The number of morpholine rings is 1. The zero-order valence-electron chi connectivity index (χ0n) is 13.8. The van der Waals surface area contributed by atoms with E-state index in [1.165, 1.54) is 0 Å². The van der Waals surface area contributed by atoms with Gasteiger partial charge in [0.15, 0.2) is 5.65 Å². The van der Waals surface area contributed by atoms with Crippen LogP contribution in [0.3, 0.4) is 0 Å². The standard InChI is InChI=1S/C17H23N5O2/c23-16(22-6-8-24-9-7-22)12-21-5-1-2-14(11-21)15-4-3-13-10-18-20-17(13)19-15/h3-4,10,14H,1-2,5-9,11-12H2,(H,18,19,20). The van der Waals surface area contributed by atoms with Gasteiger partial charge in [0.2, 0.25) is 5.91 Å². The van der Waals surface area contributed by atoms with Crippen LogP contribution in [0.5, 0.6) is 0 Å². The number of carbonyl (C=O) groups is 1. The number of likely N-dealkylation sites (tertiary alicyclic amines) is 1. The van der Waals surface area contributed by atoms with Crippen LogP contribution in [0.1, 0.15) is 24.5 Å². The van der Waals surface area contributed by atoms with Gasteiger partial charge in [-0.3, -0.25) is 14.8 Å². The van der Waals surface area contributed by atoms with E-state index in [9.17, 15) is 4.79 Å². The lowest BCUT2D eigenvalue weighted by atomic mass is 9.94. The Morgan fingerprint density at radius 1 is 1.29 bits per heavy atom. The summed E-state index contributed by atoms with van der Waals surface area (Å²) >= 11 is 0. The molecule has 0 spiro atoms. The van der Waals surface area contributed by atoms with Crippen molar-refractivity contribution < 1.29 is 9.53 Å².